The van der Waals surface area contributed by atoms with Crippen LogP contribution < -0.4 is 5.73 Å². The van der Waals surface area contributed by atoms with Gasteiger partial charge in [-0.05, 0) is 22.0 Å². The third-order valence-electron chi connectivity index (χ3n) is 1.69. The van der Waals surface area contributed by atoms with Crippen LogP contribution in [0.5, 0.6) is 0 Å². The third kappa shape index (κ3) is 1.04. The molecule has 2 N–H and O–H groups in total. The highest BCUT2D eigenvalue weighted by molar-refractivity contribution is 9.10. The Hall–Kier alpha value is -1.16. The molecule has 0 aliphatic heterocycles. The maximum Gasteiger partial charge on any atom is 0.0586 e. The summed E-state index contributed by atoms with van der Waals surface area (Å²) in [6.45, 7) is 0. The minimum absolute atomic E-state index is 0.718. The van der Waals surface area contributed by atoms with Crippen molar-refractivity contribution < 1.29 is 0 Å². The number of nitrogens with two attached hydrogens (primary N) is 1. The Morgan fingerprint density at radius 3 is 2.75 bits per heavy atom. The second-order valence-electron chi connectivity index (χ2n) is 2.46. The van der Waals surface area contributed by atoms with Crippen LogP contribution in [0.25, 0.3) is 10.8 Å². The van der Waals surface area contributed by atoms with Crippen molar-refractivity contribution in [2.24, 2.45) is 0 Å². The zero-order chi connectivity index (χ0) is 8.55. The van der Waals surface area contributed by atoms with Gasteiger partial charge in [-0.1, -0.05) is 6.07 Å². The molecule has 1 heterocycles. The standard InChI is InChI=1S/C8H6BrN3/c9-8-6-4-12-11-3-5(6)1-2-7(8)10/h1-4H,10H2. The normalized spacial score (nSPS) is 10.4. The van der Waals surface area contributed by atoms with Crippen LogP contribution in [0.1, 0.15) is 0 Å². The average molecular weight is 224 g/mol. The molecular weight excluding hydrogens is 218 g/mol. The number of hydrogen-bond acceptors (Lipinski definition) is 3. The van der Waals surface area contributed by atoms with Crippen molar-refractivity contribution in [1.29, 1.82) is 0 Å². The molecule has 0 bridgehead atoms. The molecule has 4 heteroatoms. The van der Waals surface area contributed by atoms with Gasteiger partial charge in [0.05, 0.1) is 12.4 Å². The molecule has 0 aliphatic rings. The fraction of sp³-hybridized carbons (Fsp3) is 0. The number of hydrogen-bond donors (Lipinski definition) is 1. The van der Waals surface area contributed by atoms with Crippen LogP contribution in [-0.4, -0.2) is 10.2 Å². The number of halogens is 1. The molecule has 0 atom stereocenters. The number of fused-ring (bicyclic) bond motifs is 1. The SMILES string of the molecule is Nc1ccc2cnncc2c1Br. The number of nitrogens with zero attached hydrogens (tertiary/aromatic N) is 2. The molecule has 0 fully saturated rings. The molecular formula is C8H6BrN3. The molecule has 0 unspecified atom stereocenters. The maximum atomic E-state index is 5.69. The Bertz CT molecular complexity index is 428. The number of aromatic nitrogens is 2. The maximum absolute atomic E-state index is 5.69. The summed E-state index contributed by atoms with van der Waals surface area (Å²) in [5, 5.41) is 9.58. The number of nitrogen functional groups attached to an aromatic ring is 1. The lowest BCUT2D eigenvalue weighted by molar-refractivity contribution is 1.05. The highest BCUT2D eigenvalue weighted by Crippen LogP contribution is 2.27. The summed E-state index contributed by atoms with van der Waals surface area (Å²) in [5.41, 5.74) is 6.41. The second-order valence-corrected chi connectivity index (χ2v) is 3.25. The van der Waals surface area contributed by atoms with Gasteiger partial charge >= 0.3 is 0 Å². The van der Waals surface area contributed by atoms with Crippen molar-refractivity contribution in [3.63, 3.8) is 0 Å². The summed E-state index contributed by atoms with van der Waals surface area (Å²) in [5.74, 6) is 0. The Kier molecular flexibility index (Phi) is 1.69. The van der Waals surface area contributed by atoms with Crippen molar-refractivity contribution in [2.75, 3.05) is 5.73 Å². The minimum Gasteiger partial charge on any atom is -0.398 e. The van der Waals surface area contributed by atoms with E-state index in [4.69, 9.17) is 5.73 Å². The van der Waals surface area contributed by atoms with Gasteiger partial charge in [-0.25, -0.2) is 0 Å². The first-order valence-electron chi connectivity index (χ1n) is 3.43. The van der Waals surface area contributed by atoms with Crippen LogP contribution in [0.15, 0.2) is 29.0 Å². The Morgan fingerprint density at radius 1 is 1.17 bits per heavy atom. The lowest BCUT2D eigenvalue weighted by Gasteiger charge is -2.01. The van der Waals surface area contributed by atoms with E-state index in [1.165, 1.54) is 0 Å². The third-order valence-corrected chi connectivity index (χ3v) is 2.58. The fourth-order valence-corrected chi connectivity index (χ4v) is 1.52. The first kappa shape index (κ1) is 7.49. The molecule has 12 heavy (non-hydrogen) atoms. The van der Waals surface area contributed by atoms with Crippen LogP contribution in [0.3, 0.4) is 0 Å². The topological polar surface area (TPSA) is 51.8 Å². The highest BCUT2D eigenvalue weighted by Gasteiger charge is 2.01. The first-order chi connectivity index (χ1) is 5.79. The van der Waals surface area contributed by atoms with Crippen LogP contribution in [-0.2, 0) is 0 Å². The summed E-state index contributed by atoms with van der Waals surface area (Å²) in [6.07, 6.45) is 3.40. The number of anilines is 1. The van der Waals surface area contributed by atoms with Gasteiger partial charge in [0, 0.05) is 20.9 Å². The van der Waals surface area contributed by atoms with Crippen molar-refractivity contribution in [3.8, 4) is 0 Å². The number of benzene rings is 1. The van der Waals surface area contributed by atoms with E-state index >= 15 is 0 Å². The van der Waals surface area contributed by atoms with Crippen LogP contribution in [0.2, 0.25) is 0 Å². The van der Waals surface area contributed by atoms with Gasteiger partial charge in [0.15, 0.2) is 0 Å². The van der Waals surface area contributed by atoms with Gasteiger partial charge in [0.1, 0.15) is 0 Å². The Morgan fingerprint density at radius 2 is 1.92 bits per heavy atom. The first-order valence-corrected chi connectivity index (χ1v) is 4.23. The summed E-state index contributed by atoms with van der Waals surface area (Å²) in [4.78, 5) is 0. The van der Waals surface area contributed by atoms with Gasteiger partial charge in [-0.15, -0.1) is 0 Å². The van der Waals surface area contributed by atoms with Gasteiger partial charge in [-0.2, -0.15) is 10.2 Å². The smallest absolute Gasteiger partial charge is 0.0586 e. The van der Waals surface area contributed by atoms with E-state index in [1.807, 2.05) is 12.1 Å². The van der Waals surface area contributed by atoms with E-state index in [0.717, 1.165) is 20.9 Å². The van der Waals surface area contributed by atoms with Gasteiger partial charge < -0.3 is 5.73 Å². The summed E-state index contributed by atoms with van der Waals surface area (Å²) in [7, 11) is 0. The molecule has 2 aromatic rings. The second kappa shape index (κ2) is 2.71. The largest absolute Gasteiger partial charge is 0.398 e. The molecule has 0 saturated heterocycles. The van der Waals surface area contributed by atoms with E-state index < -0.39 is 0 Å². The van der Waals surface area contributed by atoms with Crippen molar-refractivity contribution in [2.45, 2.75) is 0 Å². The molecule has 0 amide bonds. The van der Waals surface area contributed by atoms with Crippen molar-refractivity contribution in [1.82, 2.24) is 10.2 Å². The monoisotopic (exact) mass is 223 g/mol. The predicted octanol–water partition coefficient (Wildman–Crippen LogP) is 1.97. The average Bonchev–Trinajstić information content (AvgIpc) is 2.12. The lowest BCUT2D eigenvalue weighted by atomic mass is 10.2. The molecule has 1 aromatic heterocycles. The molecule has 2 rings (SSSR count). The van der Waals surface area contributed by atoms with Crippen LogP contribution >= 0.6 is 15.9 Å². The molecule has 60 valence electrons. The molecule has 1 aromatic carbocycles. The minimum atomic E-state index is 0.718. The van der Waals surface area contributed by atoms with Gasteiger partial charge in [0.25, 0.3) is 0 Å². The van der Waals surface area contributed by atoms with E-state index in [2.05, 4.69) is 26.1 Å². The quantitative estimate of drug-likeness (QED) is 0.696. The van der Waals surface area contributed by atoms with E-state index in [-0.39, 0.29) is 0 Å². The number of rotatable bonds is 0. The van der Waals surface area contributed by atoms with E-state index in [0.29, 0.717) is 0 Å². The van der Waals surface area contributed by atoms with Gasteiger partial charge in [0.2, 0.25) is 0 Å². The predicted molar refractivity (Wildman–Crippen MR) is 51.7 cm³/mol. The van der Waals surface area contributed by atoms with E-state index in [1.54, 1.807) is 12.4 Å². The molecule has 0 spiro atoms. The van der Waals surface area contributed by atoms with Crippen LogP contribution in [0.4, 0.5) is 5.69 Å². The summed E-state index contributed by atoms with van der Waals surface area (Å²) in [6, 6.07) is 3.76. The molecule has 0 saturated carbocycles. The molecule has 0 aliphatic carbocycles. The van der Waals surface area contributed by atoms with Crippen molar-refractivity contribution >= 4 is 32.4 Å². The fourth-order valence-electron chi connectivity index (χ4n) is 1.06. The van der Waals surface area contributed by atoms with Gasteiger partial charge in [-0.3, -0.25) is 0 Å². The van der Waals surface area contributed by atoms with E-state index in [9.17, 15) is 0 Å². The summed E-state index contributed by atoms with van der Waals surface area (Å²) >= 11 is 3.39. The zero-order valence-corrected chi connectivity index (χ0v) is 7.75. The summed E-state index contributed by atoms with van der Waals surface area (Å²) < 4.78 is 0.884. The molecule has 0 radical (unpaired) electrons. The molecule has 3 nitrogen and oxygen atoms in total. The van der Waals surface area contributed by atoms with Crippen LogP contribution in [0, 0.1) is 0 Å². The zero-order valence-electron chi connectivity index (χ0n) is 6.16. The highest BCUT2D eigenvalue weighted by atomic mass is 79.9. The Balaban J connectivity index is 2.91. The lowest BCUT2D eigenvalue weighted by Crippen LogP contribution is -1.88. The van der Waals surface area contributed by atoms with Crippen molar-refractivity contribution in [3.05, 3.63) is 29.0 Å². The Labute approximate surface area is 77.7 Å².